The molecule has 0 bridgehead atoms. The molecule has 1 aromatic heterocycles. The number of rotatable bonds is 1. The van der Waals surface area contributed by atoms with E-state index in [2.05, 4.69) is 10.5 Å². The van der Waals surface area contributed by atoms with Crippen molar-refractivity contribution in [2.24, 2.45) is 0 Å². The maximum atomic E-state index is 5.15. The van der Waals surface area contributed by atoms with Crippen molar-refractivity contribution < 1.29 is 4.52 Å². The van der Waals surface area contributed by atoms with Crippen molar-refractivity contribution >= 4 is 0 Å². The fraction of sp³-hybridized carbons (Fsp3) is 0.625. The van der Waals surface area contributed by atoms with Crippen molar-refractivity contribution in [3.63, 3.8) is 0 Å². The summed E-state index contributed by atoms with van der Waals surface area (Å²) in [6, 6.07) is 0.390. The molecule has 0 fully saturated rings. The van der Waals surface area contributed by atoms with E-state index in [4.69, 9.17) is 4.52 Å². The zero-order chi connectivity index (χ0) is 7.68. The van der Waals surface area contributed by atoms with E-state index < -0.39 is 0 Å². The summed E-state index contributed by atoms with van der Waals surface area (Å²) in [4.78, 5) is 0. The molecule has 1 aromatic rings. The number of nitrogens with zero attached hydrogens (tertiary/aromatic N) is 1. The van der Waals surface area contributed by atoms with Gasteiger partial charge in [0.15, 0.2) is 5.76 Å². The van der Waals surface area contributed by atoms with Crippen molar-refractivity contribution in [3.8, 4) is 0 Å². The molecule has 60 valence electrons. The van der Waals surface area contributed by atoms with Gasteiger partial charge in [-0.05, 0) is 26.3 Å². The second kappa shape index (κ2) is 2.66. The summed E-state index contributed by atoms with van der Waals surface area (Å²) < 4.78 is 5.15. The van der Waals surface area contributed by atoms with Crippen LogP contribution in [0, 0.1) is 0 Å². The minimum atomic E-state index is 0.390. The molecule has 1 aliphatic rings. The molecule has 0 saturated carbocycles. The lowest BCUT2D eigenvalue weighted by Crippen LogP contribution is -2.20. The number of hydrogen-bond acceptors (Lipinski definition) is 3. The molecular formula is C8H12N2O. The van der Waals surface area contributed by atoms with E-state index in [0.29, 0.717) is 6.04 Å². The SMILES string of the molecule is CNC1CCCc2cnoc21. The number of hydrogen-bond donors (Lipinski definition) is 1. The first kappa shape index (κ1) is 6.85. The molecule has 0 aliphatic heterocycles. The first-order chi connectivity index (χ1) is 5.42. The van der Waals surface area contributed by atoms with Gasteiger partial charge < -0.3 is 9.84 Å². The average Bonchev–Trinajstić information content (AvgIpc) is 2.50. The molecular weight excluding hydrogens is 140 g/mol. The summed E-state index contributed by atoms with van der Waals surface area (Å²) in [5.41, 5.74) is 1.27. The zero-order valence-corrected chi connectivity index (χ0v) is 6.63. The van der Waals surface area contributed by atoms with E-state index in [0.717, 1.165) is 12.2 Å². The van der Waals surface area contributed by atoms with Gasteiger partial charge in [0.05, 0.1) is 12.2 Å². The van der Waals surface area contributed by atoms with Gasteiger partial charge in [-0.15, -0.1) is 0 Å². The van der Waals surface area contributed by atoms with Crippen molar-refractivity contribution in [2.45, 2.75) is 25.3 Å². The van der Waals surface area contributed by atoms with Crippen LogP contribution in [0.5, 0.6) is 0 Å². The summed E-state index contributed by atoms with van der Waals surface area (Å²) in [5.74, 6) is 1.04. The lowest BCUT2D eigenvalue weighted by molar-refractivity contribution is 0.323. The lowest BCUT2D eigenvalue weighted by atomic mass is 9.95. The Morgan fingerprint density at radius 1 is 1.73 bits per heavy atom. The molecule has 0 spiro atoms. The van der Waals surface area contributed by atoms with Crippen LogP contribution >= 0.6 is 0 Å². The van der Waals surface area contributed by atoms with E-state index in [1.165, 1.54) is 18.4 Å². The monoisotopic (exact) mass is 152 g/mol. The van der Waals surface area contributed by atoms with Gasteiger partial charge in [-0.2, -0.15) is 0 Å². The van der Waals surface area contributed by atoms with Crippen LogP contribution in [0.1, 0.15) is 30.2 Å². The van der Waals surface area contributed by atoms with Crippen LogP contribution in [0.25, 0.3) is 0 Å². The largest absolute Gasteiger partial charge is 0.359 e. The summed E-state index contributed by atoms with van der Waals surface area (Å²) in [7, 11) is 1.96. The predicted molar refractivity (Wildman–Crippen MR) is 41.2 cm³/mol. The fourth-order valence-corrected chi connectivity index (χ4v) is 1.65. The van der Waals surface area contributed by atoms with Crippen molar-refractivity contribution in [1.29, 1.82) is 0 Å². The Labute approximate surface area is 65.8 Å². The van der Waals surface area contributed by atoms with Crippen LogP contribution in [0.15, 0.2) is 10.7 Å². The highest BCUT2D eigenvalue weighted by molar-refractivity contribution is 5.19. The van der Waals surface area contributed by atoms with Gasteiger partial charge >= 0.3 is 0 Å². The number of aromatic nitrogens is 1. The van der Waals surface area contributed by atoms with Crippen LogP contribution in [0.4, 0.5) is 0 Å². The van der Waals surface area contributed by atoms with Gasteiger partial charge in [0.2, 0.25) is 0 Å². The van der Waals surface area contributed by atoms with Crippen LogP contribution in [0.3, 0.4) is 0 Å². The second-order valence-corrected chi connectivity index (χ2v) is 2.95. The minimum Gasteiger partial charge on any atom is -0.359 e. The second-order valence-electron chi connectivity index (χ2n) is 2.95. The van der Waals surface area contributed by atoms with Crippen molar-refractivity contribution in [1.82, 2.24) is 10.5 Å². The van der Waals surface area contributed by atoms with Gasteiger partial charge in [-0.25, -0.2) is 0 Å². The quantitative estimate of drug-likeness (QED) is 0.658. The van der Waals surface area contributed by atoms with E-state index in [-0.39, 0.29) is 0 Å². The highest BCUT2D eigenvalue weighted by atomic mass is 16.5. The van der Waals surface area contributed by atoms with Crippen LogP contribution < -0.4 is 5.32 Å². The Morgan fingerprint density at radius 2 is 2.64 bits per heavy atom. The van der Waals surface area contributed by atoms with Crippen molar-refractivity contribution in [2.75, 3.05) is 7.05 Å². The number of nitrogens with one attached hydrogen (secondary N) is 1. The summed E-state index contributed by atoms with van der Waals surface area (Å²) in [6.45, 7) is 0. The van der Waals surface area contributed by atoms with Crippen molar-refractivity contribution in [3.05, 3.63) is 17.5 Å². The third-order valence-corrected chi connectivity index (χ3v) is 2.28. The highest BCUT2D eigenvalue weighted by Crippen LogP contribution is 2.28. The third kappa shape index (κ3) is 1.05. The number of fused-ring (bicyclic) bond motifs is 1. The van der Waals surface area contributed by atoms with Gasteiger partial charge in [0.1, 0.15) is 0 Å². The van der Waals surface area contributed by atoms with E-state index in [1.807, 2.05) is 13.2 Å². The minimum absolute atomic E-state index is 0.390. The summed E-state index contributed by atoms with van der Waals surface area (Å²) in [5, 5.41) is 7.00. The summed E-state index contributed by atoms with van der Waals surface area (Å²) in [6.07, 6.45) is 5.36. The molecule has 1 heterocycles. The topological polar surface area (TPSA) is 38.1 Å². The first-order valence-corrected chi connectivity index (χ1v) is 4.02. The van der Waals surface area contributed by atoms with E-state index in [9.17, 15) is 0 Å². The van der Waals surface area contributed by atoms with Gasteiger partial charge in [-0.3, -0.25) is 0 Å². The molecule has 1 atom stereocenters. The third-order valence-electron chi connectivity index (χ3n) is 2.28. The molecule has 1 unspecified atom stereocenters. The Kier molecular flexibility index (Phi) is 1.66. The molecule has 1 N–H and O–H groups in total. The van der Waals surface area contributed by atoms with Crippen LogP contribution in [-0.4, -0.2) is 12.2 Å². The highest BCUT2D eigenvalue weighted by Gasteiger charge is 2.22. The Bertz CT molecular complexity index is 244. The molecule has 0 radical (unpaired) electrons. The normalized spacial score (nSPS) is 23.2. The van der Waals surface area contributed by atoms with E-state index >= 15 is 0 Å². The Morgan fingerprint density at radius 3 is 3.45 bits per heavy atom. The number of aryl methyl sites for hydroxylation is 1. The van der Waals surface area contributed by atoms with Crippen LogP contribution in [0.2, 0.25) is 0 Å². The smallest absolute Gasteiger partial charge is 0.156 e. The fourth-order valence-electron chi connectivity index (χ4n) is 1.65. The first-order valence-electron chi connectivity index (χ1n) is 4.02. The Balaban J connectivity index is 2.32. The molecule has 2 rings (SSSR count). The molecule has 3 nitrogen and oxygen atoms in total. The van der Waals surface area contributed by atoms with Crippen LogP contribution in [-0.2, 0) is 6.42 Å². The lowest BCUT2D eigenvalue weighted by Gasteiger charge is -2.18. The van der Waals surface area contributed by atoms with Gasteiger partial charge in [0.25, 0.3) is 0 Å². The predicted octanol–water partition coefficient (Wildman–Crippen LogP) is 1.27. The molecule has 0 aromatic carbocycles. The Hall–Kier alpha value is -0.830. The average molecular weight is 152 g/mol. The van der Waals surface area contributed by atoms with Gasteiger partial charge in [-0.1, -0.05) is 5.16 Å². The van der Waals surface area contributed by atoms with E-state index in [1.54, 1.807) is 0 Å². The standard InChI is InChI=1S/C8H12N2O/c1-9-7-4-2-3-6-5-10-11-8(6)7/h5,7,9H,2-4H2,1H3. The van der Waals surface area contributed by atoms with Gasteiger partial charge in [0, 0.05) is 5.56 Å². The molecule has 11 heavy (non-hydrogen) atoms. The summed E-state index contributed by atoms with van der Waals surface area (Å²) >= 11 is 0. The molecule has 3 heteroatoms. The maximum Gasteiger partial charge on any atom is 0.156 e. The molecule has 0 saturated heterocycles. The molecule has 0 amide bonds. The molecule has 1 aliphatic carbocycles. The maximum absolute atomic E-state index is 5.15. The zero-order valence-electron chi connectivity index (χ0n) is 6.63.